The monoisotopic (exact) mass is 356 g/mol. The van der Waals surface area contributed by atoms with Gasteiger partial charge in [0.15, 0.2) is 6.10 Å². The number of ether oxygens (including phenoxy) is 2. The SMILES string of the molecule is COc1ccc(CC(Oc2cccc3ccccc23)C(=O)O)cc1Cl. The van der Waals surface area contributed by atoms with E-state index in [-0.39, 0.29) is 6.42 Å². The Bertz CT molecular complexity index is 902. The van der Waals surface area contributed by atoms with Crippen molar-refractivity contribution in [3.63, 3.8) is 0 Å². The van der Waals surface area contributed by atoms with Crippen molar-refractivity contribution in [1.82, 2.24) is 0 Å². The van der Waals surface area contributed by atoms with Crippen molar-refractivity contribution in [3.8, 4) is 11.5 Å². The van der Waals surface area contributed by atoms with Crippen molar-refractivity contribution >= 4 is 28.3 Å². The standard InChI is InChI=1S/C20H17ClO4/c1-24-18-10-9-13(11-16(18)21)12-19(20(22)23)25-17-8-4-6-14-5-2-3-7-15(14)17/h2-11,19H,12H2,1H3,(H,22,23). The van der Waals surface area contributed by atoms with Gasteiger partial charge in [-0.15, -0.1) is 0 Å². The topological polar surface area (TPSA) is 55.8 Å². The maximum Gasteiger partial charge on any atom is 0.345 e. The summed E-state index contributed by atoms with van der Waals surface area (Å²) < 4.78 is 10.9. The van der Waals surface area contributed by atoms with Crippen LogP contribution < -0.4 is 9.47 Å². The highest BCUT2D eigenvalue weighted by atomic mass is 35.5. The van der Waals surface area contributed by atoms with Gasteiger partial charge in [0, 0.05) is 11.8 Å². The fraction of sp³-hybridized carbons (Fsp3) is 0.150. The largest absolute Gasteiger partial charge is 0.495 e. The van der Waals surface area contributed by atoms with Crippen LogP contribution in [0.3, 0.4) is 0 Å². The van der Waals surface area contributed by atoms with Crippen LogP contribution in [0.2, 0.25) is 5.02 Å². The molecule has 0 spiro atoms. The van der Waals surface area contributed by atoms with E-state index in [4.69, 9.17) is 21.1 Å². The van der Waals surface area contributed by atoms with Crippen LogP contribution in [0.15, 0.2) is 60.7 Å². The molecule has 0 saturated carbocycles. The molecule has 1 N–H and O–H groups in total. The zero-order chi connectivity index (χ0) is 17.8. The van der Waals surface area contributed by atoms with Gasteiger partial charge in [0.1, 0.15) is 11.5 Å². The molecule has 0 radical (unpaired) electrons. The second kappa shape index (κ2) is 7.45. The summed E-state index contributed by atoms with van der Waals surface area (Å²) in [7, 11) is 1.53. The van der Waals surface area contributed by atoms with Gasteiger partial charge in [0.05, 0.1) is 12.1 Å². The molecule has 0 amide bonds. The summed E-state index contributed by atoms with van der Waals surface area (Å²) in [5, 5.41) is 11.9. The molecule has 0 aliphatic rings. The Hall–Kier alpha value is -2.72. The molecule has 1 unspecified atom stereocenters. The maximum absolute atomic E-state index is 11.7. The van der Waals surface area contributed by atoms with Gasteiger partial charge in [-0.3, -0.25) is 0 Å². The molecular weight excluding hydrogens is 340 g/mol. The second-order valence-corrected chi connectivity index (χ2v) is 6.00. The van der Waals surface area contributed by atoms with Gasteiger partial charge in [-0.2, -0.15) is 0 Å². The number of benzene rings is 3. The molecule has 5 heteroatoms. The number of hydrogen-bond acceptors (Lipinski definition) is 3. The fourth-order valence-corrected chi connectivity index (χ4v) is 2.96. The number of aliphatic carboxylic acids is 1. The third kappa shape index (κ3) is 3.86. The molecule has 0 aromatic heterocycles. The number of fused-ring (bicyclic) bond motifs is 1. The smallest absolute Gasteiger partial charge is 0.345 e. The molecule has 0 saturated heterocycles. The number of carboxylic acid groups (broad SMARTS) is 1. The Morgan fingerprint density at radius 2 is 1.84 bits per heavy atom. The molecular formula is C20H17ClO4. The Kier molecular flexibility index (Phi) is 5.10. The normalized spacial score (nSPS) is 11.9. The first-order chi connectivity index (χ1) is 12.1. The van der Waals surface area contributed by atoms with Crippen LogP contribution in [-0.4, -0.2) is 24.3 Å². The highest BCUT2D eigenvalue weighted by Crippen LogP contribution is 2.28. The second-order valence-electron chi connectivity index (χ2n) is 5.60. The lowest BCUT2D eigenvalue weighted by molar-refractivity contribution is -0.144. The summed E-state index contributed by atoms with van der Waals surface area (Å²) in [4.78, 5) is 11.7. The molecule has 128 valence electrons. The Morgan fingerprint density at radius 1 is 1.08 bits per heavy atom. The molecule has 3 rings (SSSR count). The lowest BCUT2D eigenvalue weighted by Gasteiger charge is -2.17. The minimum atomic E-state index is -1.03. The number of carbonyl (C=O) groups is 1. The van der Waals surface area contributed by atoms with Crippen LogP contribution in [0.5, 0.6) is 11.5 Å². The fourth-order valence-electron chi connectivity index (χ4n) is 2.68. The summed E-state index contributed by atoms with van der Waals surface area (Å²) >= 11 is 6.12. The summed E-state index contributed by atoms with van der Waals surface area (Å²) in [6.07, 6.45) is -0.822. The van der Waals surface area contributed by atoms with Crippen LogP contribution in [0.25, 0.3) is 10.8 Å². The number of halogens is 1. The Labute approximate surface area is 150 Å². The first-order valence-corrected chi connectivity index (χ1v) is 8.16. The third-order valence-corrected chi connectivity index (χ3v) is 4.23. The van der Waals surface area contributed by atoms with Crippen molar-refractivity contribution < 1.29 is 19.4 Å². The summed E-state index contributed by atoms with van der Waals surface area (Å²) in [6, 6.07) is 18.5. The summed E-state index contributed by atoms with van der Waals surface area (Å²) in [5.41, 5.74) is 0.762. The van der Waals surface area contributed by atoms with Crippen molar-refractivity contribution in [2.24, 2.45) is 0 Å². The molecule has 3 aromatic carbocycles. The highest BCUT2D eigenvalue weighted by molar-refractivity contribution is 6.32. The van der Waals surface area contributed by atoms with Gasteiger partial charge in [0.25, 0.3) is 0 Å². The van der Waals surface area contributed by atoms with E-state index >= 15 is 0 Å². The first-order valence-electron chi connectivity index (χ1n) is 7.78. The minimum absolute atomic E-state index is 0.197. The van der Waals surface area contributed by atoms with Gasteiger partial charge in [-0.25, -0.2) is 4.79 Å². The van der Waals surface area contributed by atoms with Crippen LogP contribution in [-0.2, 0) is 11.2 Å². The average Bonchev–Trinajstić information content (AvgIpc) is 2.61. The Morgan fingerprint density at radius 3 is 2.56 bits per heavy atom. The number of methoxy groups -OCH3 is 1. The number of hydrogen-bond donors (Lipinski definition) is 1. The molecule has 4 nitrogen and oxygen atoms in total. The summed E-state index contributed by atoms with van der Waals surface area (Å²) in [5.74, 6) is 0.0669. The lowest BCUT2D eigenvalue weighted by Crippen LogP contribution is -2.29. The van der Waals surface area contributed by atoms with E-state index < -0.39 is 12.1 Å². The third-order valence-electron chi connectivity index (χ3n) is 3.93. The zero-order valence-electron chi connectivity index (χ0n) is 13.6. The van der Waals surface area contributed by atoms with E-state index in [1.165, 1.54) is 7.11 Å². The van der Waals surface area contributed by atoms with Crippen LogP contribution in [0, 0.1) is 0 Å². The predicted octanol–water partition coefficient (Wildman–Crippen LogP) is 4.58. The molecule has 0 bridgehead atoms. The molecule has 3 aromatic rings. The van der Waals surface area contributed by atoms with Crippen molar-refractivity contribution in [1.29, 1.82) is 0 Å². The van der Waals surface area contributed by atoms with Crippen LogP contribution >= 0.6 is 11.6 Å². The van der Waals surface area contributed by atoms with E-state index in [0.717, 1.165) is 16.3 Å². The minimum Gasteiger partial charge on any atom is -0.495 e. The van der Waals surface area contributed by atoms with E-state index in [2.05, 4.69) is 0 Å². The van der Waals surface area contributed by atoms with Crippen molar-refractivity contribution in [2.75, 3.05) is 7.11 Å². The molecule has 0 aliphatic heterocycles. The van der Waals surface area contributed by atoms with Crippen molar-refractivity contribution in [3.05, 3.63) is 71.2 Å². The van der Waals surface area contributed by atoms with Crippen LogP contribution in [0.1, 0.15) is 5.56 Å². The number of carboxylic acids is 1. The highest BCUT2D eigenvalue weighted by Gasteiger charge is 2.21. The quantitative estimate of drug-likeness (QED) is 0.702. The van der Waals surface area contributed by atoms with Gasteiger partial charge in [0.2, 0.25) is 0 Å². The summed E-state index contributed by atoms with van der Waals surface area (Å²) in [6.45, 7) is 0. The van der Waals surface area contributed by atoms with E-state index in [1.807, 2.05) is 36.4 Å². The van der Waals surface area contributed by atoms with Gasteiger partial charge in [-0.1, -0.05) is 54.1 Å². The molecule has 1 atom stereocenters. The van der Waals surface area contributed by atoms with E-state index in [1.54, 1.807) is 24.3 Å². The molecule has 0 aliphatic carbocycles. The number of rotatable bonds is 6. The zero-order valence-corrected chi connectivity index (χ0v) is 14.4. The van der Waals surface area contributed by atoms with Crippen molar-refractivity contribution in [2.45, 2.75) is 12.5 Å². The van der Waals surface area contributed by atoms with Gasteiger partial charge < -0.3 is 14.6 Å². The average molecular weight is 357 g/mol. The lowest BCUT2D eigenvalue weighted by atomic mass is 10.1. The van der Waals surface area contributed by atoms with E-state index in [9.17, 15) is 9.90 Å². The van der Waals surface area contributed by atoms with Crippen LogP contribution in [0.4, 0.5) is 0 Å². The van der Waals surface area contributed by atoms with Gasteiger partial charge in [-0.05, 0) is 29.1 Å². The molecule has 25 heavy (non-hydrogen) atoms. The first kappa shape index (κ1) is 17.1. The molecule has 0 heterocycles. The predicted molar refractivity (Wildman–Crippen MR) is 97.7 cm³/mol. The maximum atomic E-state index is 11.7. The van der Waals surface area contributed by atoms with Gasteiger partial charge >= 0.3 is 5.97 Å². The van der Waals surface area contributed by atoms with E-state index in [0.29, 0.717) is 16.5 Å². The molecule has 0 fully saturated rings. The Balaban J connectivity index is 1.86.